The number of nitrogens with zero attached hydrogens (tertiary/aromatic N) is 1. The molecule has 21 heavy (non-hydrogen) atoms. The Morgan fingerprint density at radius 3 is 2.95 bits per heavy atom. The zero-order valence-electron chi connectivity index (χ0n) is 13.4. The lowest BCUT2D eigenvalue weighted by molar-refractivity contribution is 0.0843. The number of hydrogen-bond acceptors (Lipinski definition) is 3. The summed E-state index contributed by atoms with van der Waals surface area (Å²) >= 11 is 0. The normalized spacial score (nSPS) is 26.4. The molecular weight excluding hydrogens is 260 g/mol. The minimum Gasteiger partial charge on any atom is -0.497 e. The van der Waals surface area contributed by atoms with Gasteiger partial charge in [-0.05, 0) is 69.0 Å². The highest BCUT2D eigenvalue weighted by Crippen LogP contribution is 2.38. The van der Waals surface area contributed by atoms with Crippen molar-refractivity contribution < 1.29 is 4.74 Å². The van der Waals surface area contributed by atoms with Gasteiger partial charge in [0.05, 0.1) is 7.11 Å². The maximum atomic E-state index is 5.40. The van der Waals surface area contributed by atoms with Gasteiger partial charge in [-0.1, -0.05) is 12.5 Å². The molecule has 3 nitrogen and oxygen atoms in total. The Morgan fingerprint density at radius 2 is 2.14 bits per heavy atom. The molecule has 1 N–H and O–H groups in total. The number of benzene rings is 1. The van der Waals surface area contributed by atoms with Crippen LogP contribution in [0.25, 0.3) is 0 Å². The number of ether oxygens (including phenoxy) is 1. The summed E-state index contributed by atoms with van der Waals surface area (Å²) < 4.78 is 5.40. The van der Waals surface area contributed by atoms with Crippen molar-refractivity contribution in [3.63, 3.8) is 0 Å². The van der Waals surface area contributed by atoms with Gasteiger partial charge in [-0.2, -0.15) is 0 Å². The fourth-order valence-electron chi connectivity index (χ4n) is 4.12. The van der Waals surface area contributed by atoms with Crippen LogP contribution in [0.1, 0.15) is 49.3 Å². The Labute approximate surface area is 128 Å². The van der Waals surface area contributed by atoms with E-state index in [-0.39, 0.29) is 0 Å². The molecule has 1 saturated heterocycles. The SMILES string of the molecule is CNCC1CCCCN1C1CCCc2cc(OC)ccc21. The molecule has 1 aliphatic heterocycles. The Kier molecular flexibility index (Phi) is 4.81. The van der Waals surface area contributed by atoms with Crippen molar-refractivity contribution in [3.05, 3.63) is 29.3 Å². The number of likely N-dealkylation sites (N-methyl/N-ethyl adjacent to an activating group) is 1. The summed E-state index contributed by atoms with van der Waals surface area (Å²) in [6, 6.07) is 8.00. The van der Waals surface area contributed by atoms with E-state index in [9.17, 15) is 0 Å². The largest absolute Gasteiger partial charge is 0.497 e. The highest BCUT2D eigenvalue weighted by molar-refractivity contribution is 5.39. The van der Waals surface area contributed by atoms with E-state index >= 15 is 0 Å². The van der Waals surface area contributed by atoms with Crippen molar-refractivity contribution in [2.75, 3.05) is 27.2 Å². The molecule has 1 heterocycles. The van der Waals surface area contributed by atoms with Crippen LogP contribution in [-0.4, -0.2) is 38.2 Å². The first-order valence-electron chi connectivity index (χ1n) is 8.40. The second-order valence-corrected chi connectivity index (χ2v) is 6.42. The number of rotatable bonds is 4. The van der Waals surface area contributed by atoms with Crippen LogP contribution in [0.4, 0.5) is 0 Å². The van der Waals surface area contributed by atoms with E-state index in [1.165, 1.54) is 50.6 Å². The summed E-state index contributed by atoms with van der Waals surface area (Å²) in [5, 5.41) is 3.39. The lowest BCUT2D eigenvalue weighted by Crippen LogP contribution is -2.47. The van der Waals surface area contributed by atoms with Gasteiger partial charge in [0.2, 0.25) is 0 Å². The predicted octanol–water partition coefficient (Wildman–Crippen LogP) is 3.15. The molecule has 1 aliphatic carbocycles. The molecule has 2 atom stereocenters. The summed E-state index contributed by atoms with van der Waals surface area (Å²) in [5.41, 5.74) is 3.05. The first-order chi connectivity index (χ1) is 10.3. The monoisotopic (exact) mass is 288 g/mol. The number of likely N-dealkylation sites (tertiary alicyclic amines) is 1. The van der Waals surface area contributed by atoms with E-state index in [1.807, 2.05) is 0 Å². The third kappa shape index (κ3) is 3.09. The molecular formula is C18H28N2O. The molecule has 2 unspecified atom stereocenters. The average Bonchev–Trinajstić information content (AvgIpc) is 2.54. The zero-order valence-corrected chi connectivity index (χ0v) is 13.4. The van der Waals surface area contributed by atoms with Gasteiger partial charge < -0.3 is 10.1 Å². The molecule has 0 bridgehead atoms. The zero-order chi connectivity index (χ0) is 14.7. The molecule has 1 fully saturated rings. The van der Waals surface area contributed by atoms with Gasteiger partial charge >= 0.3 is 0 Å². The number of piperidine rings is 1. The predicted molar refractivity (Wildman–Crippen MR) is 86.9 cm³/mol. The van der Waals surface area contributed by atoms with Gasteiger partial charge in [0, 0.05) is 18.6 Å². The van der Waals surface area contributed by atoms with Gasteiger partial charge in [-0.15, -0.1) is 0 Å². The van der Waals surface area contributed by atoms with E-state index in [0.29, 0.717) is 12.1 Å². The third-order valence-corrected chi connectivity index (χ3v) is 5.15. The van der Waals surface area contributed by atoms with Gasteiger partial charge in [0.1, 0.15) is 5.75 Å². The van der Waals surface area contributed by atoms with Crippen LogP contribution in [0, 0.1) is 0 Å². The number of fused-ring (bicyclic) bond motifs is 1. The molecule has 1 aromatic rings. The summed E-state index contributed by atoms with van der Waals surface area (Å²) in [6.07, 6.45) is 7.87. The number of aryl methyl sites for hydroxylation is 1. The first kappa shape index (κ1) is 14.9. The molecule has 0 radical (unpaired) electrons. The van der Waals surface area contributed by atoms with Crippen molar-refractivity contribution in [3.8, 4) is 5.75 Å². The summed E-state index contributed by atoms with van der Waals surface area (Å²) in [5.74, 6) is 1.000. The maximum absolute atomic E-state index is 5.40. The molecule has 0 aromatic heterocycles. The Morgan fingerprint density at radius 1 is 1.24 bits per heavy atom. The minimum absolute atomic E-state index is 0.610. The summed E-state index contributed by atoms with van der Waals surface area (Å²) in [7, 11) is 3.84. The fourth-order valence-corrected chi connectivity index (χ4v) is 4.12. The first-order valence-corrected chi connectivity index (χ1v) is 8.40. The van der Waals surface area contributed by atoms with E-state index in [1.54, 1.807) is 12.7 Å². The van der Waals surface area contributed by atoms with Crippen LogP contribution < -0.4 is 10.1 Å². The maximum Gasteiger partial charge on any atom is 0.119 e. The second kappa shape index (κ2) is 6.80. The van der Waals surface area contributed by atoms with Crippen molar-refractivity contribution >= 4 is 0 Å². The van der Waals surface area contributed by atoms with Gasteiger partial charge in [-0.25, -0.2) is 0 Å². The van der Waals surface area contributed by atoms with Crippen LogP contribution in [0.2, 0.25) is 0 Å². The Balaban J connectivity index is 1.86. The van der Waals surface area contributed by atoms with Crippen LogP contribution in [0.3, 0.4) is 0 Å². The highest BCUT2D eigenvalue weighted by Gasteiger charge is 2.32. The average molecular weight is 288 g/mol. The van der Waals surface area contributed by atoms with Crippen LogP contribution in [0.15, 0.2) is 18.2 Å². The van der Waals surface area contributed by atoms with Gasteiger partial charge in [-0.3, -0.25) is 4.90 Å². The Hall–Kier alpha value is -1.06. The molecule has 0 saturated carbocycles. The molecule has 1 aromatic carbocycles. The van der Waals surface area contributed by atoms with Gasteiger partial charge in [0.15, 0.2) is 0 Å². The molecule has 0 amide bonds. The smallest absolute Gasteiger partial charge is 0.119 e. The van der Waals surface area contributed by atoms with E-state index in [4.69, 9.17) is 4.74 Å². The van der Waals surface area contributed by atoms with Crippen molar-refractivity contribution in [2.45, 2.75) is 50.6 Å². The number of methoxy groups -OCH3 is 1. The van der Waals surface area contributed by atoms with Crippen LogP contribution >= 0.6 is 0 Å². The van der Waals surface area contributed by atoms with Gasteiger partial charge in [0.25, 0.3) is 0 Å². The third-order valence-electron chi connectivity index (χ3n) is 5.15. The number of hydrogen-bond donors (Lipinski definition) is 1. The lowest BCUT2D eigenvalue weighted by atomic mass is 9.84. The topological polar surface area (TPSA) is 24.5 Å². The molecule has 2 aliphatic rings. The second-order valence-electron chi connectivity index (χ2n) is 6.42. The highest BCUT2D eigenvalue weighted by atomic mass is 16.5. The standard InChI is InChI=1S/C18H28N2O/c1-19-13-15-7-3-4-11-20(15)18-8-5-6-14-12-16(21-2)9-10-17(14)18/h9-10,12,15,18-19H,3-8,11,13H2,1-2H3. The van der Waals surface area contributed by atoms with Crippen molar-refractivity contribution in [2.24, 2.45) is 0 Å². The number of nitrogens with one attached hydrogen (secondary N) is 1. The Bertz CT molecular complexity index is 472. The summed E-state index contributed by atoms with van der Waals surface area (Å²) in [6.45, 7) is 2.37. The van der Waals surface area contributed by atoms with Crippen LogP contribution in [-0.2, 0) is 6.42 Å². The van der Waals surface area contributed by atoms with E-state index < -0.39 is 0 Å². The van der Waals surface area contributed by atoms with Crippen molar-refractivity contribution in [1.82, 2.24) is 10.2 Å². The van der Waals surface area contributed by atoms with E-state index in [2.05, 4.69) is 35.5 Å². The minimum atomic E-state index is 0.610. The molecule has 3 heteroatoms. The van der Waals surface area contributed by atoms with Crippen LogP contribution in [0.5, 0.6) is 5.75 Å². The lowest BCUT2D eigenvalue weighted by Gasteiger charge is -2.43. The molecule has 3 rings (SSSR count). The quantitative estimate of drug-likeness (QED) is 0.921. The van der Waals surface area contributed by atoms with Crippen molar-refractivity contribution in [1.29, 1.82) is 0 Å². The molecule has 116 valence electrons. The van der Waals surface area contributed by atoms with E-state index in [0.717, 1.165) is 12.3 Å². The summed E-state index contributed by atoms with van der Waals surface area (Å²) in [4.78, 5) is 2.77. The fraction of sp³-hybridized carbons (Fsp3) is 0.667. The molecule has 0 spiro atoms.